The Bertz CT molecular complexity index is 2410. The van der Waals surface area contributed by atoms with Gasteiger partial charge in [-0.1, -0.05) is 26.0 Å². The molecule has 2 saturated carbocycles. The Hall–Kier alpha value is -5.45. The van der Waals surface area contributed by atoms with Gasteiger partial charge >= 0.3 is 6.03 Å². The lowest BCUT2D eigenvalue weighted by Crippen LogP contribution is -2.60. The third kappa shape index (κ3) is 10.2. The summed E-state index contributed by atoms with van der Waals surface area (Å²) in [5.74, 6) is -1.26. The smallest absolute Gasteiger partial charge is 0.315 e. The van der Waals surface area contributed by atoms with Gasteiger partial charge in [-0.05, 0) is 128 Å². The molecule has 2 aliphatic heterocycles. The zero-order valence-electron chi connectivity index (χ0n) is 38.3. The standard InChI is InChI=1S/C47H63N7O9S/c1-27(2)62-38-17-14-30(25-48-38)36-22-31-21-33(61-9)15-16-35(31)41(49-36)63-34-23-37-40(55)51-47(43(57)53-64(59,60)46(8)18-19-46)24-32(47)13-11-10-12-28(3)20-29(4)39(42(56)54(37)26-34)50-44(58)52-45(5,6)7/h11,13-17,21-22,25,27-29,32,34,37,39H,10,12,18-20,23-24,26H2,1-9H3,(H,51,55)(H,53,57)(H2,50,52,58)/b13-11-/t28-,29-,32-,34?,37+,39+,47-/m1/s1. The number of carbonyl (C=O) groups is 4. The van der Waals surface area contributed by atoms with Crippen molar-refractivity contribution in [1.82, 2.24) is 35.5 Å². The number of aromatic nitrogens is 2. The van der Waals surface area contributed by atoms with E-state index in [4.69, 9.17) is 19.2 Å². The highest BCUT2D eigenvalue weighted by Crippen LogP contribution is 2.48. The minimum Gasteiger partial charge on any atom is -0.497 e. The molecule has 3 aromatic rings. The summed E-state index contributed by atoms with van der Waals surface area (Å²) in [6.45, 7) is 14.9. The van der Waals surface area contributed by atoms with Crippen molar-refractivity contribution < 1.29 is 41.8 Å². The average Bonchev–Trinajstić information content (AvgIpc) is 4.10. The lowest BCUT2D eigenvalue weighted by molar-refractivity contribution is -0.142. The van der Waals surface area contributed by atoms with Crippen LogP contribution in [-0.4, -0.2) is 101 Å². The first-order chi connectivity index (χ1) is 30.1. The molecule has 16 nitrogen and oxygen atoms in total. The summed E-state index contributed by atoms with van der Waals surface area (Å²) in [4.78, 5) is 68.3. The van der Waals surface area contributed by atoms with Gasteiger partial charge in [-0.25, -0.2) is 23.2 Å². The summed E-state index contributed by atoms with van der Waals surface area (Å²) < 4.78 is 46.0. The Morgan fingerprint density at radius 3 is 2.45 bits per heavy atom. The molecule has 1 saturated heterocycles. The van der Waals surface area contributed by atoms with Gasteiger partial charge in [0.25, 0.3) is 5.91 Å². The number of pyridine rings is 2. The van der Waals surface area contributed by atoms with Crippen LogP contribution in [0.3, 0.4) is 0 Å². The number of methoxy groups -OCH3 is 1. The number of nitrogens with one attached hydrogen (secondary N) is 4. The number of hydrogen-bond acceptors (Lipinski definition) is 11. The van der Waals surface area contributed by atoms with E-state index in [1.807, 2.05) is 78.0 Å². The molecule has 17 heteroatoms. The van der Waals surface area contributed by atoms with Crippen molar-refractivity contribution >= 4 is 44.5 Å². The number of urea groups is 1. The Labute approximate surface area is 376 Å². The number of fused-ring (bicyclic) bond motifs is 3. The highest BCUT2D eigenvalue weighted by Gasteiger charge is 2.63. The molecule has 0 bridgehead atoms. The largest absolute Gasteiger partial charge is 0.497 e. The van der Waals surface area contributed by atoms with Gasteiger partial charge in [-0.3, -0.25) is 19.1 Å². The lowest BCUT2D eigenvalue weighted by atomic mass is 9.88. The summed E-state index contributed by atoms with van der Waals surface area (Å²) in [6.07, 6.45) is 7.75. The SMILES string of the molecule is COc1ccc2c(OC3C[C@H]4C(=O)N[C@]5(C(=O)NS(=O)(=O)C6(C)CC6)C[C@H]5/C=C\CC[C@@H](C)C[C@@H](C)[C@H](NC(=O)NC(C)(C)C)C(=O)N4C3)nc(-c3ccc(OC(C)C)nc3)cc2c1. The van der Waals surface area contributed by atoms with Crippen molar-refractivity contribution in [2.45, 2.75) is 140 Å². The van der Waals surface area contributed by atoms with E-state index in [-0.39, 0.29) is 43.2 Å². The van der Waals surface area contributed by atoms with E-state index in [1.165, 1.54) is 4.90 Å². The maximum absolute atomic E-state index is 15.1. The predicted molar refractivity (Wildman–Crippen MR) is 242 cm³/mol. The molecule has 3 fully saturated rings. The molecule has 4 N–H and O–H groups in total. The number of sulfonamides is 1. The first kappa shape index (κ1) is 46.5. The van der Waals surface area contributed by atoms with Crippen LogP contribution in [0.5, 0.6) is 17.5 Å². The van der Waals surface area contributed by atoms with E-state index in [2.05, 4.69) is 32.6 Å². The highest BCUT2D eigenvalue weighted by atomic mass is 32.2. The lowest BCUT2D eigenvalue weighted by Gasteiger charge is -2.33. The number of nitrogens with zero attached hydrogens (tertiary/aromatic N) is 3. The predicted octanol–water partition coefficient (Wildman–Crippen LogP) is 5.79. The topological polar surface area (TPSA) is 207 Å². The minimum absolute atomic E-state index is 0.00416. The van der Waals surface area contributed by atoms with E-state index in [9.17, 15) is 22.8 Å². The third-order valence-corrected chi connectivity index (χ3v) is 14.9. The molecule has 1 unspecified atom stereocenters. The third-order valence-electron chi connectivity index (χ3n) is 12.7. The van der Waals surface area contributed by atoms with Crippen LogP contribution in [0, 0.1) is 17.8 Å². The van der Waals surface area contributed by atoms with Crippen LogP contribution < -0.4 is 34.9 Å². The molecule has 7 rings (SSSR count). The zero-order chi connectivity index (χ0) is 46.4. The Morgan fingerprint density at radius 2 is 1.80 bits per heavy atom. The van der Waals surface area contributed by atoms with Crippen molar-refractivity contribution in [3.05, 3.63) is 54.7 Å². The van der Waals surface area contributed by atoms with Crippen molar-refractivity contribution in [1.29, 1.82) is 0 Å². The van der Waals surface area contributed by atoms with Crippen LogP contribution in [0.2, 0.25) is 0 Å². The van der Waals surface area contributed by atoms with Crippen LogP contribution in [0.25, 0.3) is 22.0 Å². The number of benzene rings is 1. The van der Waals surface area contributed by atoms with E-state index < -0.39 is 73.7 Å². The average molecular weight is 902 g/mol. The van der Waals surface area contributed by atoms with E-state index in [1.54, 1.807) is 32.4 Å². The quantitative estimate of drug-likeness (QED) is 0.179. The molecular weight excluding hydrogens is 839 g/mol. The van der Waals surface area contributed by atoms with Gasteiger partial charge < -0.3 is 35.1 Å². The van der Waals surface area contributed by atoms with Crippen LogP contribution in [-0.2, 0) is 24.4 Å². The second-order valence-corrected chi connectivity index (χ2v) is 21.9. The Kier molecular flexibility index (Phi) is 13.0. The second kappa shape index (κ2) is 17.8. The fourth-order valence-electron chi connectivity index (χ4n) is 8.68. The summed E-state index contributed by atoms with van der Waals surface area (Å²) in [7, 11) is -2.45. The van der Waals surface area contributed by atoms with Crippen molar-refractivity contribution in [3.8, 4) is 28.8 Å². The van der Waals surface area contributed by atoms with Crippen LogP contribution in [0.4, 0.5) is 4.79 Å². The van der Waals surface area contributed by atoms with Gasteiger partial charge in [0.1, 0.15) is 29.5 Å². The van der Waals surface area contributed by atoms with E-state index >= 15 is 4.79 Å². The number of hydrogen-bond donors (Lipinski definition) is 4. The summed E-state index contributed by atoms with van der Waals surface area (Å²) >= 11 is 0. The molecule has 0 radical (unpaired) electrons. The molecule has 4 heterocycles. The summed E-state index contributed by atoms with van der Waals surface area (Å²) in [6, 6.07) is 8.29. The minimum atomic E-state index is -4.03. The molecule has 5 amide bonds. The molecule has 64 heavy (non-hydrogen) atoms. The highest BCUT2D eigenvalue weighted by molar-refractivity contribution is 7.91. The van der Waals surface area contributed by atoms with Gasteiger partial charge in [0.15, 0.2) is 0 Å². The van der Waals surface area contributed by atoms with Crippen molar-refractivity contribution in [3.63, 3.8) is 0 Å². The fraction of sp³-hybridized carbons (Fsp3) is 0.574. The second-order valence-electron chi connectivity index (χ2n) is 19.7. The van der Waals surface area contributed by atoms with Gasteiger partial charge in [-0.15, -0.1) is 0 Å². The van der Waals surface area contributed by atoms with Gasteiger partial charge in [-0.2, -0.15) is 0 Å². The summed E-state index contributed by atoms with van der Waals surface area (Å²) in [5, 5.41) is 10.2. The molecule has 2 aromatic heterocycles. The zero-order valence-corrected chi connectivity index (χ0v) is 39.1. The molecule has 7 atom stereocenters. The van der Waals surface area contributed by atoms with Crippen LogP contribution in [0.1, 0.15) is 100 Å². The summed E-state index contributed by atoms with van der Waals surface area (Å²) in [5.41, 5.74) is -0.912. The van der Waals surface area contributed by atoms with Gasteiger partial charge in [0.2, 0.25) is 33.6 Å². The van der Waals surface area contributed by atoms with Crippen molar-refractivity contribution in [2.75, 3.05) is 13.7 Å². The molecule has 0 spiro atoms. The van der Waals surface area contributed by atoms with Gasteiger partial charge in [0, 0.05) is 41.1 Å². The van der Waals surface area contributed by atoms with Gasteiger partial charge in [0.05, 0.1) is 30.2 Å². The number of allylic oxidation sites excluding steroid dienone is 1. The number of rotatable bonds is 10. The number of ether oxygens (including phenoxy) is 3. The first-order valence-corrected chi connectivity index (χ1v) is 23.8. The number of carbonyl (C=O) groups excluding carboxylic acids is 4. The van der Waals surface area contributed by atoms with E-state index in [0.717, 1.165) is 11.8 Å². The molecule has 4 aliphatic rings. The normalized spacial score (nSPS) is 27.5. The van der Waals surface area contributed by atoms with Crippen LogP contribution >= 0.6 is 0 Å². The molecule has 1 aromatic carbocycles. The Morgan fingerprint density at radius 1 is 1.05 bits per heavy atom. The number of amides is 5. The monoisotopic (exact) mass is 901 g/mol. The van der Waals surface area contributed by atoms with E-state index in [0.29, 0.717) is 54.0 Å². The van der Waals surface area contributed by atoms with Crippen molar-refractivity contribution in [2.24, 2.45) is 17.8 Å². The van der Waals surface area contributed by atoms with Crippen LogP contribution in [0.15, 0.2) is 54.7 Å². The first-order valence-electron chi connectivity index (χ1n) is 22.3. The molecule has 2 aliphatic carbocycles. The molecule has 346 valence electrons. The fourth-order valence-corrected chi connectivity index (χ4v) is 10.00. The Balaban J connectivity index is 1.26. The maximum atomic E-state index is 15.1. The molecular formula is C47H63N7O9S. The maximum Gasteiger partial charge on any atom is 0.315 e.